The van der Waals surface area contributed by atoms with Gasteiger partial charge in [0.1, 0.15) is 6.61 Å². The monoisotopic (exact) mass is 253 g/mol. The number of ether oxygens (including phenoxy) is 1. The number of nitrogens with one attached hydrogen (secondary N) is 1. The van der Waals surface area contributed by atoms with Crippen LogP contribution in [0.5, 0.6) is 0 Å². The molecule has 0 aliphatic rings. The number of rotatable bonds is 3. The molecular weight excluding hydrogens is 248 g/mol. The van der Waals surface area contributed by atoms with E-state index in [1.54, 1.807) is 0 Å². The van der Waals surface area contributed by atoms with Crippen molar-refractivity contribution in [1.82, 2.24) is 5.32 Å². The molecule has 0 atom stereocenters. The maximum absolute atomic E-state index is 10.7. The number of carbonyl (C=O) groups is 1. The molecule has 0 spiro atoms. The van der Waals surface area contributed by atoms with Crippen LogP contribution in [0.1, 0.15) is 0 Å². The lowest BCUT2D eigenvalue weighted by molar-refractivity contribution is 0.149. The van der Waals surface area contributed by atoms with E-state index in [1.165, 1.54) is 0 Å². The van der Waals surface area contributed by atoms with Crippen LogP contribution in [0.15, 0.2) is 0 Å². The van der Waals surface area contributed by atoms with Crippen LogP contribution in [0.3, 0.4) is 0 Å². The molecule has 0 aliphatic heterocycles. The Labute approximate surface area is 90.2 Å². The number of carbonyl (C=O) groups excluding carboxylic acids is 1. The van der Waals surface area contributed by atoms with Crippen molar-refractivity contribution in [3.63, 3.8) is 0 Å². The average Bonchev–Trinajstić information content (AvgIpc) is 1.95. The van der Waals surface area contributed by atoms with E-state index in [1.807, 2.05) is 0 Å². The number of hydrogen-bond donors (Lipinski definition) is 1. The highest BCUT2D eigenvalue weighted by molar-refractivity contribution is 6.67. The number of alkyl halides is 4. The second-order valence-electron chi connectivity index (χ2n) is 1.81. The van der Waals surface area contributed by atoms with E-state index in [-0.39, 0.29) is 6.61 Å². The molecule has 0 aromatic rings. The number of hydrogen-bond acceptors (Lipinski definition) is 2. The normalized spacial score (nSPS) is 11.0. The van der Waals surface area contributed by atoms with Crippen LogP contribution in [-0.4, -0.2) is 28.9 Å². The second kappa shape index (κ2) is 5.97. The zero-order valence-electron chi connectivity index (χ0n) is 5.95. The Kier molecular flexibility index (Phi) is 6.19. The third-order valence-electron chi connectivity index (χ3n) is 0.731. The Bertz CT molecular complexity index is 147. The van der Waals surface area contributed by atoms with Crippen LogP contribution in [0, 0.1) is 0 Å². The lowest BCUT2D eigenvalue weighted by Crippen LogP contribution is -2.29. The summed E-state index contributed by atoms with van der Waals surface area (Å²) in [5.41, 5.74) is 0. The van der Waals surface area contributed by atoms with Gasteiger partial charge in [-0.1, -0.05) is 34.8 Å². The molecule has 0 bridgehead atoms. The molecule has 0 heterocycles. The van der Waals surface area contributed by atoms with Gasteiger partial charge in [-0.3, -0.25) is 0 Å². The van der Waals surface area contributed by atoms with Gasteiger partial charge >= 0.3 is 6.09 Å². The van der Waals surface area contributed by atoms with Crippen LogP contribution >= 0.6 is 46.4 Å². The van der Waals surface area contributed by atoms with Gasteiger partial charge in [-0.25, -0.2) is 4.79 Å². The van der Waals surface area contributed by atoms with E-state index in [0.717, 1.165) is 0 Å². The lowest BCUT2D eigenvalue weighted by atomic mass is 10.7. The summed E-state index contributed by atoms with van der Waals surface area (Å²) < 4.78 is 2.93. The molecule has 12 heavy (non-hydrogen) atoms. The van der Waals surface area contributed by atoms with Crippen molar-refractivity contribution in [1.29, 1.82) is 0 Å². The standard InChI is InChI=1S/C5H7Cl4NO2/c6-1-2-10-4(11)12-3-5(7,8)9/h1-3H2,(H,10,11). The zero-order valence-corrected chi connectivity index (χ0v) is 8.97. The maximum Gasteiger partial charge on any atom is 0.407 e. The van der Waals surface area contributed by atoms with Crippen molar-refractivity contribution in [2.75, 3.05) is 19.0 Å². The summed E-state index contributed by atoms with van der Waals surface area (Å²) in [5.74, 6) is 0.308. The van der Waals surface area contributed by atoms with Gasteiger partial charge in [-0.05, 0) is 0 Å². The highest BCUT2D eigenvalue weighted by Crippen LogP contribution is 2.25. The van der Waals surface area contributed by atoms with Crippen molar-refractivity contribution in [3.8, 4) is 0 Å². The summed E-state index contributed by atoms with van der Waals surface area (Å²) in [7, 11) is 0. The summed E-state index contributed by atoms with van der Waals surface area (Å²) in [6.07, 6.45) is -0.651. The predicted octanol–water partition coefficient (Wildman–Crippen LogP) is 2.32. The fourth-order valence-corrected chi connectivity index (χ4v) is 0.606. The maximum atomic E-state index is 10.7. The summed E-state index contributed by atoms with van der Waals surface area (Å²) in [4.78, 5) is 10.7. The van der Waals surface area contributed by atoms with Crippen LogP contribution in [0.2, 0.25) is 0 Å². The molecular formula is C5H7Cl4NO2. The lowest BCUT2D eigenvalue weighted by Gasteiger charge is -2.11. The van der Waals surface area contributed by atoms with Crippen molar-refractivity contribution >= 4 is 52.5 Å². The largest absolute Gasteiger partial charge is 0.445 e. The Morgan fingerprint density at radius 2 is 2.00 bits per heavy atom. The van der Waals surface area contributed by atoms with E-state index in [2.05, 4.69) is 10.1 Å². The SMILES string of the molecule is O=C(NCCCl)OCC(Cl)(Cl)Cl. The van der Waals surface area contributed by atoms with Crippen LogP contribution in [0.25, 0.3) is 0 Å². The minimum Gasteiger partial charge on any atom is -0.445 e. The molecule has 0 unspecified atom stereocenters. The van der Waals surface area contributed by atoms with Crippen molar-refractivity contribution in [2.45, 2.75) is 3.79 Å². The van der Waals surface area contributed by atoms with Gasteiger partial charge in [0.05, 0.1) is 0 Å². The Morgan fingerprint density at radius 1 is 1.42 bits per heavy atom. The van der Waals surface area contributed by atoms with Crippen LogP contribution < -0.4 is 5.32 Å². The second-order valence-corrected chi connectivity index (χ2v) is 4.70. The van der Waals surface area contributed by atoms with E-state index < -0.39 is 9.89 Å². The number of halogens is 4. The van der Waals surface area contributed by atoms with Gasteiger partial charge < -0.3 is 10.1 Å². The first-order valence-corrected chi connectivity index (χ1v) is 4.66. The summed E-state index contributed by atoms with van der Waals surface area (Å²) in [5, 5.41) is 2.34. The summed E-state index contributed by atoms with van der Waals surface area (Å²) >= 11 is 21.2. The van der Waals surface area contributed by atoms with Crippen LogP contribution in [0.4, 0.5) is 4.79 Å². The van der Waals surface area contributed by atoms with E-state index in [0.29, 0.717) is 12.4 Å². The average molecular weight is 255 g/mol. The molecule has 0 aromatic carbocycles. The van der Waals surface area contributed by atoms with E-state index in [9.17, 15) is 4.79 Å². The van der Waals surface area contributed by atoms with Gasteiger partial charge in [-0.2, -0.15) is 0 Å². The van der Waals surface area contributed by atoms with Crippen LogP contribution in [-0.2, 0) is 4.74 Å². The van der Waals surface area contributed by atoms with Crippen molar-refractivity contribution in [2.24, 2.45) is 0 Å². The predicted molar refractivity (Wildman–Crippen MR) is 50.4 cm³/mol. The molecule has 0 rings (SSSR count). The highest BCUT2D eigenvalue weighted by atomic mass is 35.6. The number of amides is 1. The third-order valence-corrected chi connectivity index (χ3v) is 1.25. The first kappa shape index (κ1) is 12.4. The Morgan fingerprint density at radius 3 is 2.42 bits per heavy atom. The molecule has 1 N–H and O–H groups in total. The zero-order chi connectivity index (χ0) is 9.61. The molecule has 7 heteroatoms. The molecule has 3 nitrogen and oxygen atoms in total. The first-order valence-electron chi connectivity index (χ1n) is 2.99. The smallest absolute Gasteiger partial charge is 0.407 e. The van der Waals surface area contributed by atoms with Gasteiger partial charge in [0.25, 0.3) is 0 Å². The van der Waals surface area contributed by atoms with E-state index >= 15 is 0 Å². The molecule has 0 radical (unpaired) electrons. The first-order chi connectivity index (χ1) is 5.45. The van der Waals surface area contributed by atoms with Gasteiger partial charge in [0, 0.05) is 12.4 Å². The Hall–Kier alpha value is 0.430. The quantitative estimate of drug-likeness (QED) is 0.786. The molecule has 0 saturated heterocycles. The summed E-state index contributed by atoms with van der Waals surface area (Å²) in [6.45, 7) is 0.0338. The molecule has 0 saturated carbocycles. The van der Waals surface area contributed by atoms with Gasteiger partial charge in [-0.15, -0.1) is 11.6 Å². The van der Waals surface area contributed by atoms with Crippen molar-refractivity contribution in [3.05, 3.63) is 0 Å². The van der Waals surface area contributed by atoms with Gasteiger partial charge in [0.15, 0.2) is 0 Å². The van der Waals surface area contributed by atoms with Crippen molar-refractivity contribution < 1.29 is 9.53 Å². The molecule has 72 valence electrons. The number of alkyl carbamates (subject to hydrolysis) is 1. The molecule has 0 aromatic heterocycles. The highest BCUT2D eigenvalue weighted by Gasteiger charge is 2.21. The Balaban J connectivity index is 3.44. The van der Waals surface area contributed by atoms with E-state index in [4.69, 9.17) is 46.4 Å². The molecule has 0 aliphatic carbocycles. The minimum atomic E-state index is -1.57. The molecule has 1 amide bonds. The fourth-order valence-electron chi connectivity index (χ4n) is 0.348. The fraction of sp³-hybridized carbons (Fsp3) is 0.800. The topological polar surface area (TPSA) is 38.3 Å². The van der Waals surface area contributed by atoms with Gasteiger partial charge in [0.2, 0.25) is 3.79 Å². The third kappa shape index (κ3) is 8.53. The minimum absolute atomic E-state index is 0.286. The summed E-state index contributed by atoms with van der Waals surface area (Å²) in [6, 6.07) is 0. The molecule has 0 fully saturated rings.